The Morgan fingerprint density at radius 1 is 1.07 bits per heavy atom. The van der Waals surface area contributed by atoms with Crippen LogP contribution in [-0.4, -0.2) is 54.6 Å². The van der Waals surface area contributed by atoms with Crippen molar-refractivity contribution in [3.05, 3.63) is 58.7 Å². The number of carbonyl (C=O) groups is 1. The number of halogens is 4. The highest BCUT2D eigenvalue weighted by Gasteiger charge is 2.40. The first-order chi connectivity index (χ1) is 19.1. The smallest absolute Gasteiger partial charge is 0.414 e. The summed E-state index contributed by atoms with van der Waals surface area (Å²) in [5.41, 5.74) is 3.83. The number of aromatic nitrogens is 2. The Morgan fingerprint density at radius 3 is 2.34 bits per heavy atom. The van der Waals surface area contributed by atoms with Crippen LogP contribution in [0.1, 0.15) is 73.1 Å². The second-order valence-electron chi connectivity index (χ2n) is 12.7. The molecule has 1 aliphatic carbocycles. The summed E-state index contributed by atoms with van der Waals surface area (Å²) in [6.45, 7) is 12.1. The molecule has 0 saturated carbocycles. The van der Waals surface area contributed by atoms with Gasteiger partial charge in [-0.2, -0.15) is 0 Å². The number of pyridine rings is 1. The maximum Gasteiger partial charge on any atom is 0.573 e. The Bertz CT molecular complexity index is 1420. The number of benzene rings is 1. The first-order valence-electron chi connectivity index (χ1n) is 14.1. The van der Waals surface area contributed by atoms with Gasteiger partial charge in [-0.05, 0) is 79.6 Å². The molecule has 3 aromatic rings. The first kappa shape index (κ1) is 29.6. The molecule has 0 radical (unpaired) electrons. The number of piperidine rings is 1. The standard InChI is InChI=1S/C30H37F4N3O3Si/c1-29(2,3)41(4,5)40-21-10-11-22-24(16-21)36-27-26(22)25(23(31)17-35-27)18-12-14-37(15-13-18)28(38)19-6-8-20(9-7-19)39-30(32,33)34/h6-9,17-18,21H,10-16H2,1-5H3,(H,35,36). The second-order valence-corrected chi connectivity index (χ2v) is 17.5. The zero-order chi connectivity index (χ0) is 29.7. The molecule has 41 heavy (non-hydrogen) atoms. The van der Waals surface area contributed by atoms with Gasteiger partial charge in [0, 0.05) is 41.7 Å². The van der Waals surface area contributed by atoms with Crippen molar-refractivity contribution >= 4 is 25.3 Å². The number of ether oxygens (including phenoxy) is 1. The molecule has 2 aromatic heterocycles. The number of hydrogen-bond donors (Lipinski definition) is 1. The van der Waals surface area contributed by atoms with Gasteiger partial charge in [-0.1, -0.05) is 20.8 Å². The molecule has 1 aromatic carbocycles. The molecule has 1 fully saturated rings. The van der Waals surface area contributed by atoms with E-state index in [1.807, 2.05) is 0 Å². The van der Waals surface area contributed by atoms with Crippen LogP contribution in [0.15, 0.2) is 30.5 Å². The lowest BCUT2D eigenvalue weighted by molar-refractivity contribution is -0.274. The zero-order valence-corrected chi connectivity index (χ0v) is 25.1. The number of rotatable bonds is 5. The minimum Gasteiger partial charge on any atom is -0.414 e. The molecule has 0 spiro atoms. The Balaban J connectivity index is 1.30. The largest absolute Gasteiger partial charge is 0.573 e. The molecule has 1 atom stereocenters. The Kier molecular flexibility index (Phi) is 7.73. The van der Waals surface area contributed by atoms with E-state index in [0.29, 0.717) is 37.1 Å². The topological polar surface area (TPSA) is 67.5 Å². The van der Waals surface area contributed by atoms with Crippen LogP contribution in [0.4, 0.5) is 17.6 Å². The highest BCUT2D eigenvalue weighted by atomic mass is 28.4. The van der Waals surface area contributed by atoms with Crippen LogP contribution in [0.25, 0.3) is 11.0 Å². The van der Waals surface area contributed by atoms with E-state index in [1.165, 1.54) is 18.3 Å². The van der Waals surface area contributed by atoms with Gasteiger partial charge in [0.1, 0.15) is 17.2 Å². The van der Waals surface area contributed by atoms with Crippen molar-refractivity contribution in [2.45, 2.75) is 89.4 Å². The highest BCUT2D eigenvalue weighted by Crippen LogP contribution is 2.42. The summed E-state index contributed by atoms with van der Waals surface area (Å²) in [4.78, 5) is 22.5. The summed E-state index contributed by atoms with van der Waals surface area (Å²) in [5, 5.41) is 0.989. The van der Waals surface area contributed by atoms with Gasteiger partial charge in [0.15, 0.2) is 8.32 Å². The van der Waals surface area contributed by atoms with Crippen molar-refractivity contribution < 1.29 is 31.5 Å². The maximum absolute atomic E-state index is 15.4. The van der Waals surface area contributed by atoms with Gasteiger partial charge in [0.25, 0.3) is 5.91 Å². The van der Waals surface area contributed by atoms with Crippen LogP contribution in [0.2, 0.25) is 18.1 Å². The number of aryl methyl sites for hydroxylation is 1. The zero-order valence-electron chi connectivity index (χ0n) is 24.1. The molecule has 1 amide bonds. The summed E-state index contributed by atoms with van der Waals surface area (Å²) in [6, 6.07) is 4.92. The van der Waals surface area contributed by atoms with Crippen LogP contribution < -0.4 is 4.74 Å². The number of aromatic amines is 1. The van der Waals surface area contributed by atoms with Crippen molar-refractivity contribution in [1.29, 1.82) is 0 Å². The van der Waals surface area contributed by atoms with E-state index < -0.39 is 14.7 Å². The van der Waals surface area contributed by atoms with Gasteiger partial charge in [-0.15, -0.1) is 13.2 Å². The number of carbonyl (C=O) groups excluding carboxylic acids is 1. The molecule has 0 bridgehead atoms. The van der Waals surface area contributed by atoms with Gasteiger partial charge in [-0.3, -0.25) is 4.79 Å². The van der Waals surface area contributed by atoms with E-state index in [4.69, 9.17) is 4.43 Å². The van der Waals surface area contributed by atoms with Gasteiger partial charge in [0.2, 0.25) is 0 Å². The molecule has 2 aliphatic rings. The molecule has 5 rings (SSSR count). The summed E-state index contributed by atoms with van der Waals surface area (Å²) in [6.07, 6.45) is 0.181. The van der Waals surface area contributed by atoms with Gasteiger partial charge in [-0.25, -0.2) is 9.37 Å². The number of fused-ring (bicyclic) bond motifs is 3. The Hall–Kier alpha value is -2.92. The molecule has 11 heteroatoms. The minimum absolute atomic E-state index is 0.0757. The van der Waals surface area contributed by atoms with E-state index in [2.05, 4.69) is 48.6 Å². The molecule has 222 valence electrons. The third-order valence-electron chi connectivity index (χ3n) is 8.95. The Labute approximate surface area is 238 Å². The lowest BCUT2D eigenvalue weighted by atomic mass is 9.84. The fourth-order valence-electron chi connectivity index (χ4n) is 5.80. The van der Waals surface area contributed by atoms with Crippen LogP contribution in [0.5, 0.6) is 5.75 Å². The highest BCUT2D eigenvalue weighted by molar-refractivity contribution is 6.74. The average Bonchev–Trinajstić information content (AvgIpc) is 3.25. The van der Waals surface area contributed by atoms with Gasteiger partial charge < -0.3 is 19.0 Å². The van der Waals surface area contributed by atoms with Crippen molar-refractivity contribution in [1.82, 2.24) is 14.9 Å². The number of H-pyrrole nitrogens is 1. The lowest BCUT2D eigenvalue weighted by Gasteiger charge is -2.40. The predicted molar refractivity (Wildman–Crippen MR) is 151 cm³/mol. The SMILES string of the molecule is CC(C)(C)[Si](C)(C)OC1CCc2c([nH]c3ncc(F)c(C4CCN(C(=O)c5ccc(OC(F)(F)F)cc5)CC4)c23)C1. The van der Waals surface area contributed by atoms with E-state index in [1.54, 1.807) is 4.90 Å². The summed E-state index contributed by atoms with van der Waals surface area (Å²) >= 11 is 0. The number of amides is 1. The number of nitrogens with one attached hydrogen (secondary N) is 1. The van der Waals surface area contributed by atoms with E-state index in [9.17, 15) is 18.0 Å². The molecule has 1 saturated heterocycles. The Morgan fingerprint density at radius 2 is 1.73 bits per heavy atom. The van der Waals surface area contributed by atoms with Crippen LogP contribution >= 0.6 is 0 Å². The van der Waals surface area contributed by atoms with E-state index in [0.717, 1.165) is 48.0 Å². The third-order valence-corrected chi connectivity index (χ3v) is 13.5. The van der Waals surface area contributed by atoms with Crippen molar-refractivity contribution in [2.75, 3.05) is 13.1 Å². The van der Waals surface area contributed by atoms with E-state index in [-0.39, 0.29) is 40.1 Å². The van der Waals surface area contributed by atoms with Crippen LogP contribution in [0.3, 0.4) is 0 Å². The average molecular weight is 592 g/mol. The fourth-order valence-corrected chi connectivity index (χ4v) is 7.19. The van der Waals surface area contributed by atoms with Gasteiger partial charge >= 0.3 is 6.36 Å². The molecule has 1 unspecified atom stereocenters. The van der Waals surface area contributed by atoms with Gasteiger partial charge in [0.05, 0.1) is 12.3 Å². The molecular formula is C30H37F4N3O3Si. The van der Waals surface area contributed by atoms with Crippen molar-refractivity contribution in [2.24, 2.45) is 0 Å². The normalized spacial score (nSPS) is 19.0. The summed E-state index contributed by atoms with van der Waals surface area (Å²) < 4.78 is 63.3. The lowest BCUT2D eigenvalue weighted by Crippen LogP contribution is -2.45. The monoisotopic (exact) mass is 591 g/mol. The molecule has 1 aliphatic heterocycles. The summed E-state index contributed by atoms with van der Waals surface area (Å²) in [5.74, 6) is -1.05. The van der Waals surface area contributed by atoms with Crippen molar-refractivity contribution in [3.63, 3.8) is 0 Å². The van der Waals surface area contributed by atoms with Crippen molar-refractivity contribution in [3.8, 4) is 5.75 Å². The minimum atomic E-state index is -4.79. The number of alkyl halides is 3. The first-order valence-corrected chi connectivity index (χ1v) is 17.0. The maximum atomic E-state index is 15.4. The quantitative estimate of drug-likeness (QED) is 0.247. The van der Waals surface area contributed by atoms with E-state index >= 15 is 4.39 Å². The molecule has 3 heterocycles. The molecule has 6 nitrogen and oxygen atoms in total. The second kappa shape index (κ2) is 10.7. The number of nitrogens with zero attached hydrogens (tertiary/aromatic N) is 2. The fraction of sp³-hybridized carbons (Fsp3) is 0.533. The predicted octanol–water partition coefficient (Wildman–Crippen LogP) is 7.50. The van der Waals surface area contributed by atoms with Crippen LogP contribution in [0, 0.1) is 5.82 Å². The number of likely N-dealkylation sites (tertiary alicyclic amines) is 1. The van der Waals surface area contributed by atoms with Crippen LogP contribution in [-0.2, 0) is 17.3 Å². The molecular weight excluding hydrogens is 554 g/mol. The molecule has 1 N–H and O–H groups in total. The third kappa shape index (κ3) is 6.16. The summed E-state index contributed by atoms with van der Waals surface area (Å²) in [7, 11) is -1.93. The number of hydrogen-bond acceptors (Lipinski definition) is 4.